The summed E-state index contributed by atoms with van der Waals surface area (Å²) in [5, 5.41) is 8.54. The first-order chi connectivity index (χ1) is 8.99. The third-order valence-corrected chi connectivity index (χ3v) is 3.11. The van der Waals surface area contributed by atoms with Gasteiger partial charge in [-0.2, -0.15) is 0 Å². The first-order valence-corrected chi connectivity index (χ1v) is 7.12. The van der Waals surface area contributed by atoms with Crippen LogP contribution in [0.5, 0.6) is 0 Å². The van der Waals surface area contributed by atoms with Crippen molar-refractivity contribution >= 4 is 5.97 Å². The average molecular weight is 270 g/mol. The zero-order valence-electron chi connectivity index (χ0n) is 12.1. The van der Waals surface area contributed by atoms with E-state index in [-0.39, 0.29) is 18.1 Å². The first kappa shape index (κ1) is 16.2. The molecule has 4 heteroatoms. The van der Waals surface area contributed by atoms with E-state index in [1.807, 2.05) is 6.08 Å². The van der Waals surface area contributed by atoms with Crippen LogP contribution in [0, 0.1) is 5.41 Å². The van der Waals surface area contributed by atoms with Crippen molar-refractivity contribution in [2.75, 3.05) is 13.2 Å². The Labute approximate surface area is 115 Å². The Morgan fingerprint density at radius 3 is 2.89 bits per heavy atom. The summed E-state index contributed by atoms with van der Waals surface area (Å²) in [5.74, 6) is -0.731. The van der Waals surface area contributed by atoms with E-state index in [9.17, 15) is 4.79 Å². The molecule has 0 spiro atoms. The predicted molar refractivity (Wildman–Crippen MR) is 74.0 cm³/mol. The summed E-state index contributed by atoms with van der Waals surface area (Å²) in [6.45, 7) is 5.66. The zero-order chi connectivity index (χ0) is 14.1. The number of rotatable bonds is 8. The molecule has 1 atom stereocenters. The van der Waals surface area contributed by atoms with E-state index >= 15 is 0 Å². The van der Waals surface area contributed by atoms with Gasteiger partial charge in [-0.15, -0.1) is 0 Å². The largest absolute Gasteiger partial charge is 0.481 e. The van der Waals surface area contributed by atoms with Crippen molar-refractivity contribution in [3.05, 3.63) is 12.2 Å². The fraction of sp³-hybridized carbons (Fsp3) is 0.800. The van der Waals surface area contributed by atoms with E-state index in [4.69, 9.17) is 14.6 Å². The molecule has 1 fully saturated rings. The molecule has 1 rings (SSSR count). The maximum absolute atomic E-state index is 10.4. The fourth-order valence-corrected chi connectivity index (χ4v) is 1.97. The van der Waals surface area contributed by atoms with Gasteiger partial charge in [0.15, 0.2) is 6.29 Å². The number of hydrogen-bond donors (Lipinski definition) is 1. The second-order valence-electron chi connectivity index (χ2n) is 5.78. The summed E-state index contributed by atoms with van der Waals surface area (Å²) in [6.07, 6.45) is 9.13. The second kappa shape index (κ2) is 8.33. The maximum atomic E-state index is 10.4. The third-order valence-electron chi connectivity index (χ3n) is 3.11. The van der Waals surface area contributed by atoms with Crippen molar-refractivity contribution < 1.29 is 19.4 Å². The molecule has 110 valence electrons. The Hall–Kier alpha value is -0.870. The molecule has 1 aliphatic rings. The van der Waals surface area contributed by atoms with Crippen LogP contribution in [0.4, 0.5) is 0 Å². The molecule has 1 aliphatic heterocycles. The summed E-state index contributed by atoms with van der Waals surface area (Å²) in [7, 11) is 0. The predicted octanol–water partition coefficient (Wildman–Crippen LogP) is 3.37. The summed E-state index contributed by atoms with van der Waals surface area (Å²) in [6, 6.07) is 0. The Morgan fingerprint density at radius 2 is 2.26 bits per heavy atom. The van der Waals surface area contributed by atoms with Crippen LogP contribution in [0.1, 0.15) is 52.4 Å². The maximum Gasteiger partial charge on any atom is 0.303 e. The van der Waals surface area contributed by atoms with Crippen LogP contribution in [-0.4, -0.2) is 30.6 Å². The Bertz CT molecular complexity index is 291. The number of ether oxygens (including phenoxy) is 2. The number of carboxylic acids is 1. The average Bonchev–Trinajstić information content (AvgIpc) is 2.37. The standard InChI is InChI=1S/C15H26O4/c1-15(2,10-6-3-4-8-13(16)17)12-19-14-9-5-7-11-18-14/h6,10,14H,3-5,7-9,11-12H2,1-2H3,(H,16,17)/b10-6-. The zero-order valence-corrected chi connectivity index (χ0v) is 12.1. The van der Waals surface area contributed by atoms with Crippen LogP contribution in [0.25, 0.3) is 0 Å². The molecule has 1 N–H and O–H groups in total. The molecule has 0 amide bonds. The fourth-order valence-electron chi connectivity index (χ4n) is 1.97. The van der Waals surface area contributed by atoms with Crippen molar-refractivity contribution in [2.45, 2.75) is 58.7 Å². The van der Waals surface area contributed by atoms with Gasteiger partial charge in [0.2, 0.25) is 0 Å². The highest BCUT2D eigenvalue weighted by Gasteiger charge is 2.19. The summed E-state index contributed by atoms with van der Waals surface area (Å²) in [4.78, 5) is 10.4. The van der Waals surface area contributed by atoms with Crippen LogP contribution >= 0.6 is 0 Å². The van der Waals surface area contributed by atoms with Crippen LogP contribution in [0.3, 0.4) is 0 Å². The quantitative estimate of drug-likeness (QED) is 0.542. The van der Waals surface area contributed by atoms with Gasteiger partial charge in [0.25, 0.3) is 0 Å². The lowest BCUT2D eigenvalue weighted by atomic mass is 9.93. The van der Waals surface area contributed by atoms with E-state index in [2.05, 4.69) is 19.9 Å². The third kappa shape index (κ3) is 8.01. The highest BCUT2D eigenvalue weighted by molar-refractivity contribution is 5.66. The van der Waals surface area contributed by atoms with Gasteiger partial charge < -0.3 is 14.6 Å². The Morgan fingerprint density at radius 1 is 1.47 bits per heavy atom. The lowest BCUT2D eigenvalue weighted by Gasteiger charge is -2.27. The smallest absolute Gasteiger partial charge is 0.303 e. The molecule has 1 unspecified atom stereocenters. The number of hydrogen-bond acceptors (Lipinski definition) is 3. The highest BCUT2D eigenvalue weighted by atomic mass is 16.7. The van der Waals surface area contributed by atoms with E-state index in [1.165, 1.54) is 6.42 Å². The summed E-state index contributed by atoms with van der Waals surface area (Å²) < 4.78 is 11.3. The molecular weight excluding hydrogens is 244 g/mol. The molecule has 19 heavy (non-hydrogen) atoms. The van der Waals surface area contributed by atoms with Crippen LogP contribution in [0.15, 0.2) is 12.2 Å². The van der Waals surface area contributed by atoms with Crippen LogP contribution < -0.4 is 0 Å². The number of carboxylic acid groups (broad SMARTS) is 1. The number of allylic oxidation sites excluding steroid dienone is 1. The summed E-state index contributed by atoms with van der Waals surface area (Å²) >= 11 is 0. The molecule has 0 radical (unpaired) electrons. The lowest BCUT2D eigenvalue weighted by molar-refractivity contribution is -0.172. The van der Waals surface area contributed by atoms with Gasteiger partial charge in [-0.1, -0.05) is 26.0 Å². The molecule has 0 aromatic carbocycles. The van der Waals surface area contributed by atoms with Crippen molar-refractivity contribution in [1.29, 1.82) is 0 Å². The van der Waals surface area contributed by atoms with Gasteiger partial charge in [-0.25, -0.2) is 0 Å². The second-order valence-corrected chi connectivity index (χ2v) is 5.78. The summed E-state index contributed by atoms with van der Waals surface area (Å²) in [5.41, 5.74) is -0.0377. The molecule has 4 nitrogen and oxygen atoms in total. The van der Waals surface area contributed by atoms with E-state index in [1.54, 1.807) is 0 Å². The molecule has 1 heterocycles. The van der Waals surface area contributed by atoms with Crippen molar-refractivity contribution in [3.8, 4) is 0 Å². The van der Waals surface area contributed by atoms with Crippen LogP contribution in [0.2, 0.25) is 0 Å². The number of aliphatic carboxylic acids is 1. The van der Waals surface area contributed by atoms with Crippen molar-refractivity contribution in [1.82, 2.24) is 0 Å². The minimum absolute atomic E-state index is 0.0377. The van der Waals surface area contributed by atoms with Gasteiger partial charge in [0.05, 0.1) is 6.61 Å². The first-order valence-electron chi connectivity index (χ1n) is 7.12. The molecule has 0 aromatic heterocycles. The molecule has 0 aromatic rings. The van der Waals surface area contributed by atoms with Gasteiger partial charge in [-0.05, 0) is 32.1 Å². The molecule has 0 bridgehead atoms. The normalized spacial score (nSPS) is 20.8. The lowest BCUT2D eigenvalue weighted by Crippen LogP contribution is -2.27. The van der Waals surface area contributed by atoms with Gasteiger partial charge in [0.1, 0.15) is 0 Å². The minimum atomic E-state index is -0.731. The Kier molecular flexibility index (Phi) is 7.10. The monoisotopic (exact) mass is 270 g/mol. The van der Waals surface area contributed by atoms with E-state index < -0.39 is 5.97 Å². The van der Waals surface area contributed by atoms with Crippen molar-refractivity contribution in [2.24, 2.45) is 5.41 Å². The molecule has 0 saturated carbocycles. The molecule has 1 saturated heterocycles. The highest BCUT2D eigenvalue weighted by Crippen LogP contribution is 2.22. The SMILES string of the molecule is CC(C)(/C=C\CCCC(=O)O)COC1CCCCO1. The van der Waals surface area contributed by atoms with Crippen LogP contribution in [-0.2, 0) is 14.3 Å². The van der Waals surface area contributed by atoms with Gasteiger partial charge in [-0.3, -0.25) is 4.79 Å². The topological polar surface area (TPSA) is 55.8 Å². The number of unbranched alkanes of at least 4 members (excludes halogenated alkanes) is 1. The molecular formula is C15H26O4. The van der Waals surface area contributed by atoms with Gasteiger partial charge in [0, 0.05) is 18.4 Å². The minimum Gasteiger partial charge on any atom is -0.481 e. The molecule has 0 aliphatic carbocycles. The van der Waals surface area contributed by atoms with E-state index in [0.717, 1.165) is 25.9 Å². The number of carbonyl (C=O) groups is 1. The Balaban J connectivity index is 2.18. The van der Waals surface area contributed by atoms with E-state index in [0.29, 0.717) is 13.0 Å². The van der Waals surface area contributed by atoms with Crippen molar-refractivity contribution in [3.63, 3.8) is 0 Å². The van der Waals surface area contributed by atoms with Gasteiger partial charge >= 0.3 is 5.97 Å².